The van der Waals surface area contributed by atoms with E-state index in [0.29, 0.717) is 44.5 Å². The second-order valence-corrected chi connectivity index (χ2v) is 16.3. The average Bonchev–Trinajstić information content (AvgIpc) is 3.36. The molecule has 0 saturated carbocycles. The molecule has 2 aliphatic heterocycles. The molecule has 10 rings (SSSR count). The second-order valence-electron chi connectivity index (χ2n) is 16.3. The summed E-state index contributed by atoms with van der Waals surface area (Å²) < 4.78 is 0. The maximum Gasteiger partial charge on any atom is 0.336 e. The normalized spacial score (nSPS) is 13.3. The van der Waals surface area contributed by atoms with Gasteiger partial charge in [0.25, 0.3) is 23.6 Å². The van der Waals surface area contributed by atoms with Crippen LogP contribution in [0.15, 0.2) is 158 Å². The van der Waals surface area contributed by atoms with E-state index in [2.05, 4.69) is 0 Å². The molecule has 0 saturated heterocycles. The Morgan fingerprint density at radius 2 is 0.614 bits per heavy atom. The Balaban J connectivity index is 0.928. The minimum absolute atomic E-state index is 0.107. The molecule has 338 valence electrons. The van der Waals surface area contributed by atoms with Crippen LogP contribution in [0, 0.1) is 0 Å². The fourth-order valence-corrected chi connectivity index (χ4v) is 9.17. The topological polar surface area (TPSA) is 224 Å². The molecule has 0 aliphatic carbocycles. The largest absolute Gasteiger partial charge is 0.478 e. The molecule has 0 unspecified atom stereocenters. The van der Waals surface area contributed by atoms with Crippen molar-refractivity contribution in [2.75, 3.05) is 9.80 Å². The number of carbonyl (C=O) groups excluding carboxylic acids is 4. The first-order valence-corrected chi connectivity index (χ1v) is 21.4. The van der Waals surface area contributed by atoms with Gasteiger partial charge in [-0.25, -0.2) is 29.0 Å². The molecule has 14 nitrogen and oxygen atoms in total. The van der Waals surface area contributed by atoms with Gasteiger partial charge in [-0.2, -0.15) is 0 Å². The van der Waals surface area contributed by atoms with Gasteiger partial charge in [0.15, 0.2) is 0 Å². The van der Waals surface area contributed by atoms with Crippen LogP contribution < -0.4 is 9.80 Å². The Labute approximate surface area is 395 Å². The molecule has 8 aromatic carbocycles. The van der Waals surface area contributed by atoms with Gasteiger partial charge < -0.3 is 20.4 Å². The van der Waals surface area contributed by atoms with E-state index in [9.17, 15) is 48.6 Å². The second kappa shape index (κ2) is 17.0. The lowest BCUT2D eigenvalue weighted by Crippen LogP contribution is -2.40. The van der Waals surface area contributed by atoms with Gasteiger partial charge in [-0.15, -0.1) is 0 Å². The molecule has 0 fully saturated rings. The van der Waals surface area contributed by atoms with Crippen molar-refractivity contribution < 1.29 is 58.8 Å². The van der Waals surface area contributed by atoms with Crippen LogP contribution in [0.1, 0.15) is 73.3 Å². The predicted molar refractivity (Wildman–Crippen MR) is 260 cm³/mol. The number of nitrogens with zero attached hydrogens (tertiary/aromatic N) is 2. The van der Waals surface area contributed by atoms with Crippen LogP contribution >= 0.6 is 0 Å². The fraction of sp³-hybridized carbons (Fsp3) is 0. The summed E-state index contributed by atoms with van der Waals surface area (Å²) in [5.41, 5.74) is 5.41. The van der Waals surface area contributed by atoms with Gasteiger partial charge in [-0.3, -0.25) is 19.2 Å². The Morgan fingerprint density at radius 3 is 0.914 bits per heavy atom. The third kappa shape index (κ3) is 7.34. The Morgan fingerprint density at radius 1 is 0.329 bits per heavy atom. The molecule has 0 atom stereocenters. The number of carboxylic acid groups (broad SMARTS) is 4. The molecule has 4 N–H and O–H groups in total. The number of anilines is 2. The van der Waals surface area contributed by atoms with Crippen LogP contribution in [0.25, 0.3) is 67.1 Å². The Bertz CT molecular complexity index is 3430. The highest BCUT2D eigenvalue weighted by atomic mass is 16.4. The molecule has 0 spiro atoms. The van der Waals surface area contributed by atoms with E-state index in [1.807, 2.05) is 0 Å². The zero-order valence-electron chi connectivity index (χ0n) is 36.1. The van der Waals surface area contributed by atoms with E-state index in [-0.39, 0.29) is 66.3 Å². The van der Waals surface area contributed by atoms with Gasteiger partial charge >= 0.3 is 23.9 Å². The number of carboxylic acids is 4. The smallest absolute Gasteiger partial charge is 0.336 e. The van der Waals surface area contributed by atoms with Crippen molar-refractivity contribution in [2.45, 2.75) is 0 Å². The number of rotatable bonds is 11. The van der Waals surface area contributed by atoms with Crippen molar-refractivity contribution in [3.63, 3.8) is 0 Å². The summed E-state index contributed by atoms with van der Waals surface area (Å²) >= 11 is 0. The van der Waals surface area contributed by atoms with Crippen LogP contribution in [0.3, 0.4) is 0 Å². The highest BCUT2D eigenvalue weighted by molar-refractivity contribution is 6.39. The average molecular weight is 925 g/mol. The summed E-state index contributed by atoms with van der Waals surface area (Å²) in [7, 11) is 0. The van der Waals surface area contributed by atoms with E-state index in [0.717, 1.165) is 22.0 Å². The molecule has 14 heteroatoms. The van der Waals surface area contributed by atoms with Crippen LogP contribution in [0.4, 0.5) is 11.4 Å². The number of benzene rings is 8. The monoisotopic (exact) mass is 924 g/mol. The van der Waals surface area contributed by atoms with Gasteiger partial charge in [0.2, 0.25) is 0 Å². The first-order valence-electron chi connectivity index (χ1n) is 21.4. The lowest BCUT2D eigenvalue weighted by atomic mass is 9.86. The van der Waals surface area contributed by atoms with Crippen molar-refractivity contribution in [1.29, 1.82) is 0 Å². The lowest BCUT2D eigenvalue weighted by molar-refractivity contribution is -0.132. The van der Waals surface area contributed by atoms with Gasteiger partial charge in [0.1, 0.15) is 0 Å². The van der Waals surface area contributed by atoms with Crippen LogP contribution in [-0.2, 0) is 9.59 Å². The van der Waals surface area contributed by atoms with Gasteiger partial charge in [0.05, 0.1) is 22.5 Å². The van der Waals surface area contributed by atoms with Gasteiger partial charge in [-0.1, -0.05) is 84.9 Å². The molecule has 70 heavy (non-hydrogen) atoms. The van der Waals surface area contributed by atoms with Crippen LogP contribution in [0.2, 0.25) is 0 Å². The van der Waals surface area contributed by atoms with E-state index >= 15 is 0 Å². The van der Waals surface area contributed by atoms with Crippen LogP contribution in [-0.4, -0.2) is 67.9 Å². The molecule has 0 aromatic heterocycles. The molecule has 4 amide bonds. The Hall–Kier alpha value is -10.1. The Kier molecular flexibility index (Phi) is 10.6. The van der Waals surface area contributed by atoms with Gasteiger partial charge in [0, 0.05) is 56.0 Å². The number of aromatic carboxylic acids is 2. The predicted octanol–water partition coefficient (Wildman–Crippen LogP) is 10.2. The zero-order valence-corrected chi connectivity index (χ0v) is 36.1. The first kappa shape index (κ1) is 43.8. The lowest BCUT2D eigenvalue weighted by Gasteiger charge is -2.29. The number of hydrogen-bond donors (Lipinski definition) is 4. The maximum atomic E-state index is 14.2. The van der Waals surface area contributed by atoms with E-state index in [1.165, 1.54) is 36.4 Å². The standard InChI is InChI=1S/C56H32N2O12/c59-45(60)27-5-29-1-7-33(8-2-29)37-19-21-39-49-41(23-25-43(47(37)49)55(67)68)53(65)57(51(39)63)35-15-11-31(12-16-35)32-13-17-36(18-14-32)58-52(64)40-22-20-38(34-9-3-30(4-10-34)6-28-46(61)62)48-44(56(69)70)26-24-42(50(40)48)54(58)66/h1-28H,(H,59,60)(H,61,62)(H,67,68)(H,69,70)/b27-5+,28-6+. The number of amides is 4. The number of hydrogen-bond acceptors (Lipinski definition) is 8. The van der Waals surface area contributed by atoms with Crippen molar-refractivity contribution >= 4 is 92.6 Å². The summed E-state index contributed by atoms with van der Waals surface area (Å²) in [5, 5.41) is 39.3. The quantitative estimate of drug-likeness (QED) is 0.0702. The molecule has 2 heterocycles. The minimum Gasteiger partial charge on any atom is -0.478 e. The van der Waals surface area contributed by atoms with Crippen LogP contribution in [0.5, 0.6) is 0 Å². The van der Waals surface area contributed by atoms with E-state index < -0.39 is 47.5 Å². The molecule has 2 aliphatic rings. The number of carbonyl (C=O) groups is 8. The number of imide groups is 2. The molecule has 0 bridgehead atoms. The van der Waals surface area contributed by atoms with Crippen molar-refractivity contribution in [3.05, 3.63) is 202 Å². The molecular formula is C56H32N2O12. The van der Waals surface area contributed by atoms with E-state index in [1.54, 1.807) is 121 Å². The SMILES string of the molecule is O=C(O)/C=C/c1ccc(-c2ccc3c4c(ccc(C(=O)O)c24)C(=O)N(c2ccc(-c4ccc(N5C(=O)c6ccc(C(=O)O)c7c(-c8ccc(/C=C/C(=O)O)cc8)ccc(c67)C5=O)cc4)cc2)C3=O)cc1. The first-order chi connectivity index (χ1) is 33.7. The highest BCUT2D eigenvalue weighted by Gasteiger charge is 2.38. The minimum atomic E-state index is -1.25. The van der Waals surface area contributed by atoms with Crippen molar-refractivity contribution in [2.24, 2.45) is 0 Å². The maximum absolute atomic E-state index is 14.2. The van der Waals surface area contributed by atoms with Crippen molar-refractivity contribution in [1.82, 2.24) is 0 Å². The summed E-state index contributed by atoms with van der Waals surface area (Å²) in [6, 6.07) is 38.5. The summed E-state index contributed by atoms with van der Waals surface area (Å²) in [6.07, 6.45) is 4.82. The third-order valence-corrected chi connectivity index (χ3v) is 12.4. The van der Waals surface area contributed by atoms with E-state index in [4.69, 9.17) is 10.2 Å². The van der Waals surface area contributed by atoms with Crippen molar-refractivity contribution in [3.8, 4) is 33.4 Å². The molecule has 8 aromatic rings. The summed E-state index contributed by atoms with van der Waals surface area (Å²) in [5.74, 6) is -7.37. The highest BCUT2D eigenvalue weighted by Crippen LogP contribution is 2.42. The molecule has 0 radical (unpaired) electrons. The fourth-order valence-electron chi connectivity index (χ4n) is 9.17. The summed E-state index contributed by atoms with van der Waals surface area (Å²) in [6.45, 7) is 0. The van der Waals surface area contributed by atoms with Gasteiger partial charge in [-0.05, 0) is 117 Å². The third-order valence-electron chi connectivity index (χ3n) is 12.4. The summed E-state index contributed by atoms with van der Waals surface area (Å²) in [4.78, 5) is 106. The number of aliphatic carboxylic acids is 2. The zero-order chi connectivity index (χ0) is 49.1. The molecular weight excluding hydrogens is 893 g/mol.